The zero-order valence-electron chi connectivity index (χ0n) is 4.01. The molecule has 0 unspecified atom stereocenters. The highest BCUT2D eigenvalue weighted by Crippen LogP contribution is 1.85. The van der Waals surface area contributed by atoms with Crippen LogP contribution < -0.4 is 5.73 Å². The van der Waals surface area contributed by atoms with E-state index >= 15 is 0 Å². The van der Waals surface area contributed by atoms with Crippen LogP contribution in [0.5, 0.6) is 0 Å². The molecule has 0 rings (SSSR count). The van der Waals surface area contributed by atoms with Crippen molar-refractivity contribution in [3.63, 3.8) is 0 Å². The van der Waals surface area contributed by atoms with Crippen molar-refractivity contribution in [1.82, 2.24) is 0 Å². The minimum absolute atomic E-state index is 0.567. The number of nitrogens with zero attached hydrogens (tertiary/aromatic N) is 1. The first-order valence-electron chi connectivity index (χ1n) is 1.87. The van der Waals surface area contributed by atoms with Crippen molar-refractivity contribution in [2.24, 2.45) is 11.7 Å². The van der Waals surface area contributed by atoms with E-state index in [2.05, 4.69) is 5.73 Å². The average Bonchev–Trinajstić information content (AvgIpc) is 1.65. The summed E-state index contributed by atoms with van der Waals surface area (Å²) in [6.45, 7) is 1.46. The van der Waals surface area contributed by atoms with Crippen LogP contribution in [0.15, 0.2) is 0 Å². The van der Waals surface area contributed by atoms with Gasteiger partial charge in [0.05, 0.1) is 6.07 Å². The summed E-state index contributed by atoms with van der Waals surface area (Å²) >= 11 is 0. The van der Waals surface area contributed by atoms with Gasteiger partial charge >= 0.3 is 0 Å². The minimum atomic E-state index is -0.653. The van der Waals surface area contributed by atoms with Crippen LogP contribution in [0.25, 0.3) is 0 Å². The number of carbonyl (C=O) groups is 1. The largest absolute Gasteiger partial charge is 0.369 e. The monoisotopic (exact) mass is 98.0 g/mol. The lowest BCUT2D eigenvalue weighted by Gasteiger charge is -1.87. The fourth-order valence-electron chi connectivity index (χ4n) is 0.0636. The second-order valence-electron chi connectivity index (χ2n) is 1.25. The zero-order valence-corrected chi connectivity index (χ0v) is 4.01. The molecule has 3 heteroatoms. The van der Waals surface area contributed by atoms with Crippen LogP contribution in [0.3, 0.4) is 0 Å². The Morgan fingerprint density at radius 3 is 2.43 bits per heavy atom. The quantitative estimate of drug-likeness (QED) is 0.486. The molecule has 0 aliphatic carbocycles. The summed E-state index contributed by atoms with van der Waals surface area (Å²) in [4.78, 5) is 9.93. The Morgan fingerprint density at radius 2 is 2.43 bits per heavy atom. The van der Waals surface area contributed by atoms with Crippen molar-refractivity contribution in [2.45, 2.75) is 6.92 Å². The van der Waals surface area contributed by atoms with Gasteiger partial charge in [0.2, 0.25) is 5.91 Å². The number of primary amides is 1. The summed E-state index contributed by atoms with van der Waals surface area (Å²) in [7, 11) is 0. The first kappa shape index (κ1) is 5.96. The van der Waals surface area contributed by atoms with E-state index in [1.54, 1.807) is 6.07 Å². The lowest BCUT2D eigenvalue weighted by molar-refractivity contribution is -0.119. The van der Waals surface area contributed by atoms with E-state index in [-0.39, 0.29) is 0 Å². The Balaban J connectivity index is 3.63. The van der Waals surface area contributed by atoms with Crippen LogP contribution in [-0.2, 0) is 4.79 Å². The maximum absolute atomic E-state index is 9.93. The van der Waals surface area contributed by atoms with Crippen molar-refractivity contribution in [1.29, 1.82) is 5.26 Å². The van der Waals surface area contributed by atoms with Crippen molar-refractivity contribution in [2.75, 3.05) is 0 Å². The van der Waals surface area contributed by atoms with Gasteiger partial charge in [-0.3, -0.25) is 4.79 Å². The fraction of sp³-hybridized carbons (Fsp3) is 0.500. The molecule has 0 aromatic carbocycles. The molecule has 3 nitrogen and oxygen atoms in total. The number of rotatable bonds is 1. The molecule has 0 aromatic rings. The van der Waals surface area contributed by atoms with Crippen molar-refractivity contribution in [3.8, 4) is 6.07 Å². The van der Waals surface area contributed by atoms with E-state index in [1.807, 2.05) is 0 Å². The predicted octanol–water partition coefficient (Wildman–Crippen LogP) is -0.369. The Morgan fingerprint density at radius 1 is 2.00 bits per heavy atom. The van der Waals surface area contributed by atoms with Gasteiger partial charge in [-0.05, 0) is 6.92 Å². The topological polar surface area (TPSA) is 66.9 Å². The summed E-state index contributed by atoms with van der Waals surface area (Å²) in [6, 6.07) is 1.69. The second kappa shape index (κ2) is 2.19. The number of amides is 1. The average molecular weight is 98.1 g/mol. The third kappa shape index (κ3) is 1.77. The lowest BCUT2D eigenvalue weighted by atomic mass is 10.2. The Labute approximate surface area is 41.7 Å². The number of hydrogen-bond acceptors (Lipinski definition) is 2. The maximum Gasteiger partial charge on any atom is 0.234 e. The zero-order chi connectivity index (χ0) is 5.86. The Hall–Kier alpha value is -1.04. The van der Waals surface area contributed by atoms with Gasteiger partial charge in [0, 0.05) is 0 Å². The van der Waals surface area contributed by atoms with Gasteiger partial charge in [0.25, 0.3) is 0 Å². The van der Waals surface area contributed by atoms with Gasteiger partial charge in [-0.25, -0.2) is 0 Å². The van der Waals surface area contributed by atoms with Gasteiger partial charge in [0.1, 0.15) is 5.92 Å². The van der Waals surface area contributed by atoms with Gasteiger partial charge in [-0.15, -0.1) is 0 Å². The van der Waals surface area contributed by atoms with Gasteiger partial charge in [0.15, 0.2) is 0 Å². The van der Waals surface area contributed by atoms with Crippen molar-refractivity contribution < 1.29 is 4.79 Å². The molecule has 0 aliphatic heterocycles. The number of carbonyl (C=O) groups excluding carboxylic acids is 1. The highest BCUT2D eigenvalue weighted by molar-refractivity contribution is 5.78. The lowest BCUT2D eigenvalue weighted by Crippen LogP contribution is -2.18. The molecular weight excluding hydrogens is 92.1 g/mol. The standard InChI is InChI=1S/C4H6N2O/c1-3(2-5)4(6)7/h3H,1H3,(H2,6,7)/t3-/m1/s1. The molecule has 1 amide bonds. The summed E-state index contributed by atoms with van der Waals surface area (Å²) in [5, 5.41) is 7.95. The fourth-order valence-corrected chi connectivity index (χ4v) is 0.0636. The minimum Gasteiger partial charge on any atom is -0.369 e. The van der Waals surface area contributed by atoms with Crippen molar-refractivity contribution >= 4 is 5.91 Å². The van der Waals surface area contributed by atoms with Gasteiger partial charge in [-0.2, -0.15) is 5.26 Å². The molecule has 1 atom stereocenters. The molecule has 0 fully saturated rings. The van der Waals surface area contributed by atoms with E-state index in [4.69, 9.17) is 5.26 Å². The molecule has 0 aliphatic rings. The van der Waals surface area contributed by atoms with Gasteiger partial charge < -0.3 is 5.73 Å². The molecule has 0 saturated carbocycles. The van der Waals surface area contributed by atoms with E-state index < -0.39 is 11.8 Å². The third-order valence-corrected chi connectivity index (χ3v) is 0.620. The molecule has 0 saturated heterocycles. The van der Waals surface area contributed by atoms with Crippen LogP contribution in [0, 0.1) is 17.2 Å². The first-order valence-corrected chi connectivity index (χ1v) is 1.87. The van der Waals surface area contributed by atoms with Crippen molar-refractivity contribution in [3.05, 3.63) is 0 Å². The van der Waals surface area contributed by atoms with Crippen LogP contribution >= 0.6 is 0 Å². The third-order valence-electron chi connectivity index (χ3n) is 0.620. The maximum atomic E-state index is 9.93. The SMILES string of the molecule is C[C@H](C#N)C(N)=O. The van der Waals surface area contributed by atoms with Crippen LogP contribution in [-0.4, -0.2) is 5.91 Å². The smallest absolute Gasteiger partial charge is 0.234 e. The second-order valence-corrected chi connectivity index (χ2v) is 1.25. The van der Waals surface area contributed by atoms with E-state index in [0.29, 0.717) is 0 Å². The number of nitriles is 1. The number of hydrogen-bond donors (Lipinski definition) is 1. The highest BCUT2D eigenvalue weighted by Gasteiger charge is 2.03. The number of nitrogens with two attached hydrogens (primary N) is 1. The normalized spacial score (nSPS) is 12.0. The highest BCUT2D eigenvalue weighted by atomic mass is 16.1. The summed E-state index contributed by atoms with van der Waals surface area (Å²) < 4.78 is 0. The predicted molar refractivity (Wildman–Crippen MR) is 24.0 cm³/mol. The molecule has 0 spiro atoms. The van der Waals surface area contributed by atoms with E-state index in [0.717, 1.165) is 0 Å². The van der Waals surface area contributed by atoms with Crippen LogP contribution in [0.2, 0.25) is 0 Å². The molecule has 38 valence electrons. The van der Waals surface area contributed by atoms with Crippen LogP contribution in [0.1, 0.15) is 6.92 Å². The summed E-state index contributed by atoms with van der Waals surface area (Å²) in [6.07, 6.45) is 0. The van der Waals surface area contributed by atoms with E-state index in [9.17, 15) is 4.79 Å². The molecule has 0 aromatic heterocycles. The summed E-state index contributed by atoms with van der Waals surface area (Å²) in [5.74, 6) is -1.22. The molecule has 0 heterocycles. The molecule has 7 heavy (non-hydrogen) atoms. The molecule has 0 radical (unpaired) electrons. The van der Waals surface area contributed by atoms with Gasteiger partial charge in [-0.1, -0.05) is 0 Å². The Kier molecular flexibility index (Phi) is 1.86. The van der Waals surface area contributed by atoms with Crippen LogP contribution in [0.4, 0.5) is 0 Å². The molecule has 2 N–H and O–H groups in total. The Bertz CT molecular complexity index is 113. The first-order chi connectivity index (χ1) is 3.18. The molecule has 0 bridgehead atoms. The summed E-state index contributed by atoms with van der Waals surface area (Å²) in [5.41, 5.74) is 4.69. The molecular formula is C4H6N2O. The van der Waals surface area contributed by atoms with E-state index in [1.165, 1.54) is 6.92 Å².